The zero-order valence-electron chi connectivity index (χ0n) is 10.8. The van der Waals surface area contributed by atoms with Gasteiger partial charge >= 0.3 is 6.09 Å². The summed E-state index contributed by atoms with van der Waals surface area (Å²) in [7, 11) is 0. The summed E-state index contributed by atoms with van der Waals surface area (Å²) in [4.78, 5) is 24.6. The normalized spacial score (nSPS) is 23.5. The highest BCUT2D eigenvalue weighted by molar-refractivity contribution is 9.10. The fraction of sp³-hybridized carbons (Fsp3) is 0.385. The molecule has 0 radical (unpaired) electrons. The lowest BCUT2D eigenvalue weighted by Gasteiger charge is -2.31. The number of fused-ring (bicyclic) bond motifs is 3. The number of benzene rings is 1. The molecule has 2 atom stereocenters. The van der Waals surface area contributed by atoms with E-state index in [0.29, 0.717) is 18.0 Å². The number of nitrogens with one attached hydrogen (secondary N) is 1. The maximum absolute atomic E-state index is 12.0. The van der Waals surface area contributed by atoms with Crippen molar-refractivity contribution in [3.05, 3.63) is 22.7 Å². The van der Waals surface area contributed by atoms with Gasteiger partial charge in [0.15, 0.2) is 0 Å². The number of halogens is 1. The van der Waals surface area contributed by atoms with Crippen LogP contribution in [0.1, 0.15) is 6.92 Å². The van der Waals surface area contributed by atoms with Crippen molar-refractivity contribution >= 4 is 33.6 Å². The fourth-order valence-electron chi connectivity index (χ4n) is 2.43. The van der Waals surface area contributed by atoms with Gasteiger partial charge in [-0.05, 0) is 18.2 Å². The molecule has 2 heterocycles. The first-order chi connectivity index (χ1) is 9.56. The number of carbonyl (C=O) groups excluding carboxylic acids is 2. The van der Waals surface area contributed by atoms with Crippen molar-refractivity contribution in [2.45, 2.75) is 19.1 Å². The van der Waals surface area contributed by atoms with Crippen LogP contribution in [0.5, 0.6) is 5.75 Å². The van der Waals surface area contributed by atoms with Crippen molar-refractivity contribution in [2.24, 2.45) is 0 Å². The first-order valence-corrected chi connectivity index (χ1v) is 7.02. The quantitative estimate of drug-likeness (QED) is 0.889. The number of cyclic esters (lactones) is 1. The molecular formula is C13H13BrN2O4. The molecule has 0 aliphatic carbocycles. The Morgan fingerprint density at radius 3 is 3.10 bits per heavy atom. The second kappa shape index (κ2) is 4.97. The lowest BCUT2D eigenvalue weighted by molar-refractivity contribution is -0.119. The van der Waals surface area contributed by atoms with Gasteiger partial charge in [0.05, 0.1) is 12.2 Å². The zero-order valence-corrected chi connectivity index (χ0v) is 12.3. The third-order valence-corrected chi connectivity index (χ3v) is 3.85. The number of rotatable bonds is 2. The van der Waals surface area contributed by atoms with E-state index in [1.807, 2.05) is 18.2 Å². The molecule has 1 saturated heterocycles. The Labute approximate surface area is 124 Å². The van der Waals surface area contributed by atoms with Crippen LogP contribution in [0.3, 0.4) is 0 Å². The van der Waals surface area contributed by atoms with Crippen LogP contribution in [0.4, 0.5) is 10.5 Å². The van der Waals surface area contributed by atoms with Gasteiger partial charge in [-0.15, -0.1) is 0 Å². The molecule has 3 rings (SSSR count). The predicted molar refractivity (Wildman–Crippen MR) is 74.9 cm³/mol. The lowest BCUT2D eigenvalue weighted by atomic mass is 10.1. The molecule has 2 aliphatic heterocycles. The molecule has 0 unspecified atom stereocenters. The molecule has 2 amide bonds. The Bertz CT molecular complexity index is 577. The largest absolute Gasteiger partial charge is 0.489 e. The third-order valence-electron chi connectivity index (χ3n) is 3.35. The smallest absolute Gasteiger partial charge is 0.415 e. The lowest BCUT2D eigenvalue weighted by Crippen LogP contribution is -2.47. The Balaban J connectivity index is 1.86. The predicted octanol–water partition coefficient (Wildman–Crippen LogP) is 1.67. The molecular weight excluding hydrogens is 328 g/mol. The van der Waals surface area contributed by atoms with E-state index in [1.54, 1.807) is 4.90 Å². The second-order valence-electron chi connectivity index (χ2n) is 4.72. The molecule has 7 heteroatoms. The van der Waals surface area contributed by atoms with Crippen LogP contribution < -0.4 is 15.0 Å². The summed E-state index contributed by atoms with van der Waals surface area (Å²) < 4.78 is 11.9. The summed E-state index contributed by atoms with van der Waals surface area (Å²) in [6, 6.07) is 5.26. The molecule has 1 fully saturated rings. The molecule has 1 aromatic carbocycles. The van der Waals surface area contributed by atoms with Gasteiger partial charge in [-0.2, -0.15) is 0 Å². The number of nitrogens with zero attached hydrogens (tertiary/aromatic N) is 1. The fourth-order valence-corrected chi connectivity index (χ4v) is 2.77. The summed E-state index contributed by atoms with van der Waals surface area (Å²) in [6.07, 6.45) is -0.805. The third kappa shape index (κ3) is 2.22. The van der Waals surface area contributed by atoms with Crippen LogP contribution in [-0.4, -0.2) is 37.3 Å². The maximum Gasteiger partial charge on any atom is 0.415 e. The highest BCUT2D eigenvalue weighted by Crippen LogP contribution is 2.39. The van der Waals surface area contributed by atoms with Gasteiger partial charge in [0.2, 0.25) is 5.91 Å². The van der Waals surface area contributed by atoms with E-state index in [1.165, 1.54) is 6.92 Å². The molecule has 0 bridgehead atoms. The van der Waals surface area contributed by atoms with Crippen molar-refractivity contribution in [1.82, 2.24) is 5.32 Å². The number of hydrogen-bond acceptors (Lipinski definition) is 4. The van der Waals surface area contributed by atoms with Gasteiger partial charge < -0.3 is 14.8 Å². The van der Waals surface area contributed by atoms with Crippen LogP contribution in [-0.2, 0) is 9.53 Å². The van der Waals surface area contributed by atoms with Crippen molar-refractivity contribution in [1.29, 1.82) is 0 Å². The van der Waals surface area contributed by atoms with E-state index in [-0.39, 0.29) is 18.5 Å². The van der Waals surface area contributed by atoms with Crippen LogP contribution in [0.25, 0.3) is 0 Å². The average Bonchev–Trinajstić information content (AvgIpc) is 2.73. The molecule has 0 spiro atoms. The topological polar surface area (TPSA) is 67.9 Å². The molecule has 2 aliphatic rings. The molecule has 106 valence electrons. The molecule has 1 aromatic rings. The van der Waals surface area contributed by atoms with Gasteiger partial charge in [-0.3, -0.25) is 9.69 Å². The van der Waals surface area contributed by atoms with E-state index in [0.717, 1.165) is 4.47 Å². The van der Waals surface area contributed by atoms with E-state index >= 15 is 0 Å². The van der Waals surface area contributed by atoms with E-state index in [9.17, 15) is 9.59 Å². The number of amides is 2. The van der Waals surface area contributed by atoms with E-state index in [4.69, 9.17) is 9.47 Å². The van der Waals surface area contributed by atoms with Gasteiger partial charge in [0.1, 0.15) is 24.5 Å². The summed E-state index contributed by atoms with van der Waals surface area (Å²) in [5.41, 5.74) is 0.694. The maximum atomic E-state index is 12.0. The van der Waals surface area contributed by atoms with Crippen LogP contribution in [0.2, 0.25) is 0 Å². The molecule has 0 saturated carbocycles. The van der Waals surface area contributed by atoms with E-state index < -0.39 is 12.2 Å². The van der Waals surface area contributed by atoms with Gasteiger partial charge in [0.25, 0.3) is 0 Å². The summed E-state index contributed by atoms with van der Waals surface area (Å²) >= 11 is 3.37. The van der Waals surface area contributed by atoms with Crippen molar-refractivity contribution in [3.63, 3.8) is 0 Å². The molecule has 0 aromatic heterocycles. The monoisotopic (exact) mass is 340 g/mol. The Morgan fingerprint density at radius 1 is 1.55 bits per heavy atom. The minimum Gasteiger partial charge on any atom is -0.489 e. The number of anilines is 1. The van der Waals surface area contributed by atoms with Gasteiger partial charge in [-0.1, -0.05) is 15.9 Å². The van der Waals surface area contributed by atoms with Gasteiger partial charge in [0, 0.05) is 11.4 Å². The number of ether oxygens (including phenoxy) is 2. The number of carbonyl (C=O) groups is 2. The Morgan fingerprint density at radius 2 is 2.35 bits per heavy atom. The minimum absolute atomic E-state index is 0.152. The van der Waals surface area contributed by atoms with Crippen molar-refractivity contribution in [2.75, 3.05) is 18.1 Å². The SMILES string of the molecule is CC(=O)NC[C@@H]1OC(=O)N2c3ccc(Br)cc3OC[C@H]12. The van der Waals surface area contributed by atoms with E-state index in [2.05, 4.69) is 21.2 Å². The highest BCUT2D eigenvalue weighted by atomic mass is 79.9. The highest BCUT2D eigenvalue weighted by Gasteiger charge is 2.46. The molecule has 6 nitrogen and oxygen atoms in total. The summed E-state index contributed by atoms with van der Waals surface area (Å²) in [6.45, 7) is 2.07. The standard InChI is InChI=1S/C13H13BrN2O4/c1-7(17)15-5-12-10-6-19-11-4-8(14)2-3-9(11)16(10)13(18)20-12/h2-4,10,12H,5-6H2,1H3,(H,15,17)/t10-,12+/m1/s1. The second-order valence-corrected chi connectivity index (χ2v) is 5.64. The van der Waals surface area contributed by atoms with Crippen LogP contribution >= 0.6 is 15.9 Å². The average molecular weight is 341 g/mol. The Kier molecular flexibility index (Phi) is 3.29. The van der Waals surface area contributed by atoms with Gasteiger partial charge in [-0.25, -0.2) is 4.79 Å². The minimum atomic E-state index is -0.405. The van der Waals surface area contributed by atoms with Crippen LogP contribution in [0, 0.1) is 0 Å². The van der Waals surface area contributed by atoms with Crippen LogP contribution in [0.15, 0.2) is 22.7 Å². The Hall–Kier alpha value is -1.76. The first kappa shape index (κ1) is 13.2. The molecule has 1 N–H and O–H groups in total. The van der Waals surface area contributed by atoms with Crippen molar-refractivity contribution < 1.29 is 19.1 Å². The zero-order chi connectivity index (χ0) is 14.3. The number of hydrogen-bond donors (Lipinski definition) is 1. The molecule has 20 heavy (non-hydrogen) atoms. The van der Waals surface area contributed by atoms with Crippen molar-refractivity contribution in [3.8, 4) is 5.75 Å². The first-order valence-electron chi connectivity index (χ1n) is 6.23. The summed E-state index contributed by atoms with van der Waals surface area (Å²) in [5.74, 6) is 0.494. The summed E-state index contributed by atoms with van der Waals surface area (Å²) in [5, 5.41) is 2.67.